The van der Waals surface area contributed by atoms with Crippen LogP contribution in [0.2, 0.25) is 0 Å². The molecule has 114 heavy (non-hydrogen) atoms. The third-order valence-corrected chi connectivity index (χ3v) is 24.9. The van der Waals surface area contributed by atoms with E-state index in [1.807, 2.05) is 6.07 Å². The molecular weight excluding hydrogens is 1380 g/mol. The number of nitrogens with zero attached hydrogens (tertiary/aromatic N) is 5. The van der Waals surface area contributed by atoms with Crippen LogP contribution >= 0.6 is 0 Å². The fraction of sp³-hybridized carbons (Fsp3) is 0.111. The Labute approximate surface area is 675 Å². The van der Waals surface area contributed by atoms with Gasteiger partial charge in [-0.15, -0.1) is 0 Å². The van der Waals surface area contributed by atoms with Gasteiger partial charge in [-0.3, -0.25) is 0 Å². The molecule has 0 spiro atoms. The van der Waals surface area contributed by atoms with E-state index in [-0.39, 0.29) is 39.3 Å². The number of benzene rings is 16. The Bertz CT molecular complexity index is 7880. The molecule has 0 radical (unpaired) electrons. The second-order valence-electron chi connectivity index (χ2n) is 34.6. The number of rotatable bonds is 8. The van der Waals surface area contributed by atoms with Gasteiger partial charge >= 0.3 is 0 Å². The van der Waals surface area contributed by atoms with Gasteiger partial charge in [0.25, 0.3) is 6.71 Å². The lowest BCUT2D eigenvalue weighted by atomic mass is 9.33. The van der Waals surface area contributed by atoms with E-state index in [9.17, 15) is 11.0 Å². The first-order valence-electron chi connectivity index (χ1n) is 43.8. The average molecular weight is 1470 g/mol. The molecule has 0 aliphatic carbocycles. The Morgan fingerprint density at radius 3 is 1.05 bits per heavy atom. The van der Waals surface area contributed by atoms with Crippen LogP contribution in [0.15, 0.2) is 333 Å². The summed E-state index contributed by atoms with van der Waals surface area (Å²) in [4.78, 5) is 5.17. The van der Waals surface area contributed by atoms with Gasteiger partial charge in [0.2, 0.25) is 0 Å². The monoisotopic (exact) mass is 1470 g/mol. The highest BCUT2D eigenvalue weighted by atomic mass is 15.2. The summed E-state index contributed by atoms with van der Waals surface area (Å²) in [6.45, 7) is 20.3. The van der Waals surface area contributed by atoms with Crippen LogP contribution < -0.4 is 26.2 Å². The Morgan fingerprint density at radius 1 is 0.263 bits per heavy atom. The van der Waals surface area contributed by atoms with E-state index in [0.717, 1.165) is 166 Å². The zero-order chi connectivity index (χ0) is 83.5. The average Bonchev–Trinajstić information content (AvgIpc) is 0.744. The smallest absolute Gasteiger partial charge is 0.252 e. The van der Waals surface area contributed by atoms with Gasteiger partial charge in [-0.2, -0.15) is 0 Å². The summed E-state index contributed by atoms with van der Waals surface area (Å²) in [6.07, 6.45) is 0. The minimum Gasteiger partial charge on any atom is -0.310 e. The van der Waals surface area contributed by atoms with Gasteiger partial charge in [0.15, 0.2) is 0 Å². The molecule has 0 amide bonds. The van der Waals surface area contributed by atoms with Crippen LogP contribution in [-0.4, -0.2) is 20.1 Å². The second kappa shape index (κ2) is 24.1. The van der Waals surface area contributed by atoms with Crippen molar-refractivity contribution in [3.05, 3.63) is 350 Å². The summed E-state index contributed by atoms with van der Waals surface area (Å²) in [6, 6.07) is 102. The normalized spacial score (nSPS) is 14.2. The lowest BCUT2D eigenvalue weighted by Gasteiger charge is -2.47. The van der Waals surface area contributed by atoms with Crippen LogP contribution in [0.4, 0.5) is 34.1 Å². The fourth-order valence-corrected chi connectivity index (χ4v) is 19.5. The van der Waals surface area contributed by atoms with E-state index in [4.69, 9.17) is 0 Å². The Kier molecular flexibility index (Phi) is 12.3. The number of aromatic nitrogens is 3. The molecule has 16 aromatic carbocycles. The van der Waals surface area contributed by atoms with Crippen LogP contribution in [0.5, 0.6) is 0 Å². The first kappa shape index (κ1) is 58.5. The summed E-state index contributed by atoms with van der Waals surface area (Å²) >= 11 is 0. The van der Waals surface area contributed by atoms with Crippen LogP contribution in [0.3, 0.4) is 0 Å². The molecular formula is C108H82BN5. The lowest BCUT2D eigenvalue weighted by Crippen LogP contribution is -2.61. The highest BCUT2D eigenvalue weighted by Crippen LogP contribution is 2.57. The SMILES string of the molecule is [2H]c1c([2H])c([2H])c2c(c1[2H])c1c([2H])c([2H])c([2H])c([2H])c1n2-c1ccc2c(c1)N(c1c(-c3ccccc3)cc(C(C)(C)C)cc1-c1cc3c4ccccc4n4c5ccccc5c(c1)c34)c1cc(C(C)(C)C)cc3c1B2c1cc(-c2ccccc2)ccc1N3c1c(-c2ccccc2)cc(C(C)(C)C)cc1-c1cc2c3ccccc3n3c4ccccc4c(c1)c23. The number of para-hydroxylation sites is 6. The van der Waals surface area contributed by atoms with Crippen molar-refractivity contribution in [1.29, 1.82) is 0 Å². The zero-order valence-electron chi connectivity index (χ0n) is 72.9. The zero-order valence-corrected chi connectivity index (χ0v) is 64.9. The van der Waals surface area contributed by atoms with Gasteiger partial charge in [-0.1, -0.05) is 281 Å². The van der Waals surface area contributed by atoms with Gasteiger partial charge in [-0.25, -0.2) is 0 Å². The maximum Gasteiger partial charge on any atom is 0.252 e. The number of anilines is 6. The maximum absolute atomic E-state index is 10.0. The Hall–Kier alpha value is -13.4. The second-order valence-corrected chi connectivity index (χ2v) is 34.6. The van der Waals surface area contributed by atoms with Crippen molar-refractivity contribution in [2.24, 2.45) is 0 Å². The molecule has 0 N–H and O–H groups in total. The van der Waals surface area contributed by atoms with Crippen molar-refractivity contribution in [1.82, 2.24) is 13.4 Å². The van der Waals surface area contributed by atoms with E-state index in [1.165, 1.54) is 32.6 Å². The molecule has 21 aromatic rings. The third-order valence-electron chi connectivity index (χ3n) is 24.9. The van der Waals surface area contributed by atoms with Crippen molar-refractivity contribution in [3.63, 3.8) is 0 Å². The number of fused-ring (bicyclic) bond motifs is 19. The molecule has 5 nitrogen and oxygen atoms in total. The molecule has 0 saturated heterocycles. The predicted octanol–water partition coefficient (Wildman–Crippen LogP) is 27.4. The van der Waals surface area contributed by atoms with Crippen molar-refractivity contribution in [2.45, 2.75) is 78.6 Å². The van der Waals surface area contributed by atoms with Gasteiger partial charge in [0.05, 0.1) is 66.5 Å². The minimum absolute atomic E-state index is 0.00948. The van der Waals surface area contributed by atoms with Gasteiger partial charge < -0.3 is 23.2 Å². The predicted molar refractivity (Wildman–Crippen MR) is 487 cm³/mol. The maximum atomic E-state index is 10.0. The Morgan fingerprint density at radius 2 is 0.632 bits per heavy atom. The molecule has 2 aliphatic rings. The van der Waals surface area contributed by atoms with Crippen LogP contribution in [-0.2, 0) is 16.2 Å². The van der Waals surface area contributed by atoms with E-state index >= 15 is 0 Å². The van der Waals surface area contributed by atoms with Crippen molar-refractivity contribution in [3.8, 4) is 61.3 Å². The molecule has 0 bridgehead atoms. The first-order chi connectivity index (χ1) is 58.8. The van der Waals surface area contributed by atoms with Gasteiger partial charge in [0.1, 0.15) is 0 Å². The van der Waals surface area contributed by atoms with Crippen LogP contribution in [0.25, 0.3) is 159 Å². The van der Waals surface area contributed by atoms with Crippen molar-refractivity contribution in [2.75, 3.05) is 9.80 Å². The first-order valence-corrected chi connectivity index (χ1v) is 39.8. The largest absolute Gasteiger partial charge is 0.310 e. The molecule has 5 aromatic heterocycles. The highest BCUT2D eigenvalue weighted by Gasteiger charge is 2.47. The standard InChI is InChI=1S/C108H82BN5/c1-106(2,3)71-58-81(66-33-15-11-16-34-66)102(83(60-71)69-53-85-77-39-21-27-45-93(77)111-94-46-28-22-40-78(94)86(54-69)104(85)111)113-97-52-49-68(65-31-13-10-14-32-65)57-90(97)109-89-51-50-74(110-91-43-25-19-37-75(91)76-38-20-26-44-92(76)110)64-98(89)114(100-63-73(108(7,8)9)62-99(113)101(100)109)103-82(67-35-17-12-18-36-67)59-72(107(4,5)6)61-84(103)70-55-87-79-41-23-29-47-95(79)112-96-48-30-24-42-80(96)88(56-70)105(87)112/h10-64H,1-9H3/i19D,20D,25D,26D,37D,38D,43D,44D. The highest BCUT2D eigenvalue weighted by molar-refractivity contribution is 7.00. The van der Waals surface area contributed by atoms with E-state index in [1.54, 1.807) is 4.57 Å². The van der Waals surface area contributed by atoms with Gasteiger partial charge in [0, 0.05) is 105 Å². The van der Waals surface area contributed by atoms with Crippen LogP contribution in [0, 0.1) is 0 Å². The summed E-state index contributed by atoms with van der Waals surface area (Å²) in [5.74, 6) is 0. The molecule has 0 saturated carbocycles. The number of hydrogen-bond acceptors (Lipinski definition) is 2. The molecule has 6 heteroatoms. The summed E-state index contributed by atoms with van der Waals surface area (Å²) in [5.41, 5.74) is 28.4. The lowest BCUT2D eigenvalue weighted by molar-refractivity contribution is 0.590. The minimum atomic E-state index is -0.536. The topological polar surface area (TPSA) is 20.2 Å². The fourth-order valence-electron chi connectivity index (χ4n) is 19.5. The van der Waals surface area contributed by atoms with E-state index in [2.05, 4.69) is 360 Å². The molecule has 542 valence electrons. The van der Waals surface area contributed by atoms with E-state index in [0.29, 0.717) is 5.69 Å². The summed E-state index contributed by atoms with van der Waals surface area (Å²) in [5, 5.41) is 9.26. The third kappa shape index (κ3) is 9.61. The van der Waals surface area contributed by atoms with Gasteiger partial charge in [-0.05, 0) is 198 Å². The molecule has 0 fully saturated rings. The Balaban J connectivity index is 0.922. The quantitative estimate of drug-likeness (QED) is 0.141. The van der Waals surface area contributed by atoms with Crippen molar-refractivity contribution < 1.29 is 11.0 Å². The molecule has 0 unspecified atom stereocenters. The summed E-state index contributed by atoms with van der Waals surface area (Å²) < 4.78 is 83.5. The van der Waals surface area contributed by atoms with Crippen LogP contribution in [0.1, 0.15) is 90.0 Å². The molecule has 7 heterocycles. The molecule has 0 atom stereocenters. The van der Waals surface area contributed by atoms with Crippen molar-refractivity contribution >= 4 is 155 Å². The molecule has 23 rings (SSSR count). The van der Waals surface area contributed by atoms with E-state index < -0.39 is 53.8 Å². The summed E-state index contributed by atoms with van der Waals surface area (Å²) in [7, 11) is 0. The number of hydrogen-bond donors (Lipinski definition) is 0. The molecule has 2 aliphatic heterocycles.